The van der Waals surface area contributed by atoms with E-state index in [-0.39, 0.29) is 23.3 Å². The third-order valence-electron chi connectivity index (χ3n) is 4.11. The van der Waals surface area contributed by atoms with E-state index in [0.717, 1.165) is 0 Å². The highest BCUT2D eigenvalue weighted by Gasteiger charge is 2.14. The van der Waals surface area contributed by atoms with Crippen LogP contribution in [0.15, 0.2) is 54.7 Å². The van der Waals surface area contributed by atoms with E-state index in [0.29, 0.717) is 34.5 Å². The number of primary amides is 1. The summed E-state index contributed by atoms with van der Waals surface area (Å²) in [5.74, 6) is -0.499. The number of aromatic nitrogens is 2. The van der Waals surface area contributed by atoms with Crippen LogP contribution in [0.1, 0.15) is 27.6 Å². The molecular formula is C21H22ClN7O2. The Kier molecular flexibility index (Phi) is 7.01. The van der Waals surface area contributed by atoms with Crippen LogP contribution >= 0.6 is 11.6 Å². The lowest BCUT2D eigenvalue weighted by atomic mass is 10.1. The number of rotatable bonds is 8. The standard InChI is InChI=1S/C21H22ClN7O2/c1-12(23)10-25-21-26-11-17(18(24)30)19(29-21)27-15-6-2-4-13(8-15)20(31)28-16-7-3-5-14(22)9-16/h2-9,11-12H,10,23H2,1H3,(H2,24,30)(H,28,31)(H2,25,26,27,29). The number of carbonyl (C=O) groups is 2. The van der Waals surface area contributed by atoms with Gasteiger partial charge >= 0.3 is 0 Å². The molecule has 160 valence electrons. The van der Waals surface area contributed by atoms with Gasteiger partial charge in [0, 0.05) is 40.7 Å². The maximum absolute atomic E-state index is 12.6. The molecule has 0 radical (unpaired) electrons. The number of nitrogens with zero attached hydrogens (tertiary/aromatic N) is 2. The number of amides is 2. The van der Waals surface area contributed by atoms with Crippen molar-refractivity contribution in [2.24, 2.45) is 11.5 Å². The third-order valence-corrected chi connectivity index (χ3v) is 4.34. The second kappa shape index (κ2) is 9.88. The molecule has 31 heavy (non-hydrogen) atoms. The van der Waals surface area contributed by atoms with Crippen LogP contribution in [0.2, 0.25) is 5.02 Å². The van der Waals surface area contributed by atoms with E-state index in [1.807, 2.05) is 6.92 Å². The number of benzene rings is 2. The van der Waals surface area contributed by atoms with Crippen LogP contribution in [0.25, 0.3) is 0 Å². The van der Waals surface area contributed by atoms with Gasteiger partial charge in [0.15, 0.2) is 0 Å². The molecule has 0 aliphatic heterocycles. The van der Waals surface area contributed by atoms with Crippen LogP contribution in [-0.4, -0.2) is 34.4 Å². The lowest BCUT2D eigenvalue weighted by Crippen LogP contribution is -2.26. The number of anilines is 4. The lowest BCUT2D eigenvalue weighted by molar-refractivity contribution is 0.0997. The van der Waals surface area contributed by atoms with Crippen molar-refractivity contribution in [3.05, 3.63) is 70.9 Å². The maximum atomic E-state index is 12.6. The van der Waals surface area contributed by atoms with E-state index >= 15 is 0 Å². The van der Waals surface area contributed by atoms with Gasteiger partial charge in [0.25, 0.3) is 11.8 Å². The van der Waals surface area contributed by atoms with Crippen molar-refractivity contribution in [1.82, 2.24) is 9.97 Å². The van der Waals surface area contributed by atoms with E-state index in [2.05, 4.69) is 25.9 Å². The summed E-state index contributed by atoms with van der Waals surface area (Å²) < 4.78 is 0. The van der Waals surface area contributed by atoms with Gasteiger partial charge in [-0.05, 0) is 43.3 Å². The second-order valence-electron chi connectivity index (χ2n) is 6.85. The minimum atomic E-state index is -0.684. The first-order valence-corrected chi connectivity index (χ1v) is 9.80. The molecule has 0 bridgehead atoms. The molecule has 1 unspecified atom stereocenters. The molecule has 0 aliphatic carbocycles. The highest BCUT2D eigenvalue weighted by atomic mass is 35.5. The fourth-order valence-corrected chi connectivity index (χ4v) is 2.83. The number of hydrogen-bond acceptors (Lipinski definition) is 7. The van der Waals surface area contributed by atoms with Crippen molar-refractivity contribution in [1.29, 1.82) is 0 Å². The molecule has 9 nitrogen and oxygen atoms in total. The Bertz CT molecular complexity index is 1100. The normalized spacial score (nSPS) is 11.5. The van der Waals surface area contributed by atoms with Gasteiger partial charge in [-0.3, -0.25) is 9.59 Å². The Morgan fingerprint density at radius 1 is 1.13 bits per heavy atom. The fraction of sp³-hybridized carbons (Fsp3) is 0.143. The minimum absolute atomic E-state index is 0.106. The summed E-state index contributed by atoms with van der Waals surface area (Å²) in [5.41, 5.74) is 12.8. The molecule has 0 fully saturated rings. The van der Waals surface area contributed by atoms with Crippen molar-refractivity contribution >= 4 is 46.6 Å². The molecule has 3 rings (SSSR count). The molecule has 3 aromatic rings. The van der Waals surface area contributed by atoms with Gasteiger partial charge in [-0.2, -0.15) is 4.98 Å². The predicted molar refractivity (Wildman–Crippen MR) is 122 cm³/mol. The van der Waals surface area contributed by atoms with E-state index in [4.69, 9.17) is 23.1 Å². The van der Waals surface area contributed by atoms with Crippen LogP contribution < -0.4 is 27.4 Å². The van der Waals surface area contributed by atoms with Crippen LogP contribution in [-0.2, 0) is 0 Å². The SMILES string of the molecule is CC(N)CNc1ncc(C(N)=O)c(Nc2cccc(C(=O)Nc3cccc(Cl)c3)c2)n1. The summed E-state index contributed by atoms with van der Waals surface area (Å²) in [6, 6.07) is 13.5. The van der Waals surface area contributed by atoms with E-state index in [9.17, 15) is 9.59 Å². The molecule has 2 aromatic carbocycles. The molecule has 0 saturated heterocycles. The highest BCUT2D eigenvalue weighted by molar-refractivity contribution is 6.31. The van der Waals surface area contributed by atoms with Crippen LogP contribution in [0, 0.1) is 0 Å². The van der Waals surface area contributed by atoms with Crippen molar-refractivity contribution < 1.29 is 9.59 Å². The molecule has 0 spiro atoms. The first-order valence-electron chi connectivity index (χ1n) is 9.42. The lowest BCUT2D eigenvalue weighted by Gasteiger charge is -2.13. The van der Waals surface area contributed by atoms with Gasteiger partial charge in [-0.25, -0.2) is 4.98 Å². The second-order valence-corrected chi connectivity index (χ2v) is 7.29. The summed E-state index contributed by atoms with van der Waals surface area (Å²) in [6.45, 7) is 2.29. The molecule has 1 atom stereocenters. The van der Waals surface area contributed by atoms with E-state index in [1.54, 1.807) is 48.5 Å². The first-order chi connectivity index (χ1) is 14.8. The zero-order valence-corrected chi connectivity index (χ0v) is 17.5. The molecule has 1 heterocycles. The van der Waals surface area contributed by atoms with E-state index in [1.165, 1.54) is 6.20 Å². The predicted octanol–water partition coefficient (Wildman–Crippen LogP) is 2.98. The Balaban J connectivity index is 1.81. The molecule has 2 amide bonds. The topological polar surface area (TPSA) is 148 Å². The summed E-state index contributed by atoms with van der Waals surface area (Å²) >= 11 is 5.96. The number of nitrogens with one attached hydrogen (secondary N) is 3. The zero-order valence-electron chi connectivity index (χ0n) is 16.7. The van der Waals surface area contributed by atoms with Crippen molar-refractivity contribution in [2.45, 2.75) is 13.0 Å². The fourth-order valence-electron chi connectivity index (χ4n) is 2.64. The maximum Gasteiger partial charge on any atom is 0.255 e. The number of nitrogens with two attached hydrogens (primary N) is 2. The van der Waals surface area contributed by atoms with Gasteiger partial charge in [0.1, 0.15) is 11.4 Å². The number of halogens is 1. The average Bonchev–Trinajstić information content (AvgIpc) is 2.72. The summed E-state index contributed by atoms with van der Waals surface area (Å²) in [4.78, 5) is 32.8. The molecule has 1 aromatic heterocycles. The largest absolute Gasteiger partial charge is 0.365 e. The first kappa shape index (κ1) is 22.0. The molecule has 10 heteroatoms. The van der Waals surface area contributed by atoms with Gasteiger partial charge in [-0.15, -0.1) is 0 Å². The molecular weight excluding hydrogens is 418 g/mol. The summed E-state index contributed by atoms with van der Waals surface area (Å²) in [6.07, 6.45) is 1.33. The van der Waals surface area contributed by atoms with Crippen LogP contribution in [0.3, 0.4) is 0 Å². The van der Waals surface area contributed by atoms with Crippen molar-refractivity contribution in [3.8, 4) is 0 Å². The Hall–Kier alpha value is -3.69. The Labute approximate surface area is 184 Å². The Morgan fingerprint density at radius 3 is 2.58 bits per heavy atom. The summed E-state index contributed by atoms with van der Waals surface area (Å²) in [5, 5.41) is 9.31. The average molecular weight is 440 g/mol. The molecule has 7 N–H and O–H groups in total. The van der Waals surface area contributed by atoms with Gasteiger partial charge in [-0.1, -0.05) is 23.7 Å². The number of hydrogen-bond donors (Lipinski definition) is 5. The Morgan fingerprint density at radius 2 is 1.87 bits per heavy atom. The third kappa shape index (κ3) is 6.14. The quantitative estimate of drug-likeness (QED) is 0.362. The van der Waals surface area contributed by atoms with Crippen molar-refractivity contribution in [2.75, 3.05) is 22.5 Å². The zero-order chi connectivity index (χ0) is 22.4. The van der Waals surface area contributed by atoms with Gasteiger partial charge in [0.05, 0.1) is 0 Å². The van der Waals surface area contributed by atoms with Crippen LogP contribution in [0.4, 0.5) is 23.1 Å². The number of carbonyl (C=O) groups excluding carboxylic acids is 2. The van der Waals surface area contributed by atoms with E-state index < -0.39 is 5.91 Å². The smallest absolute Gasteiger partial charge is 0.255 e. The minimum Gasteiger partial charge on any atom is -0.365 e. The monoisotopic (exact) mass is 439 g/mol. The van der Waals surface area contributed by atoms with Gasteiger partial charge < -0.3 is 27.4 Å². The molecule has 0 aliphatic rings. The van der Waals surface area contributed by atoms with Crippen molar-refractivity contribution in [3.63, 3.8) is 0 Å². The van der Waals surface area contributed by atoms with Gasteiger partial charge in [0.2, 0.25) is 5.95 Å². The highest BCUT2D eigenvalue weighted by Crippen LogP contribution is 2.22. The van der Waals surface area contributed by atoms with Crippen LogP contribution in [0.5, 0.6) is 0 Å². The summed E-state index contributed by atoms with van der Waals surface area (Å²) in [7, 11) is 0. The molecule has 0 saturated carbocycles.